The van der Waals surface area contributed by atoms with Crippen LogP contribution in [0, 0.1) is 0 Å². The lowest BCUT2D eigenvalue weighted by Crippen LogP contribution is -2.56. The molecule has 2 unspecified atom stereocenters. The van der Waals surface area contributed by atoms with Crippen molar-refractivity contribution in [2.75, 3.05) is 13.1 Å². The zero-order valence-corrected chi connectivity index (χ0v) is 9.99. The lowest BCUT2D eigenvalue weighted by molar-refractivity contribution is -0.162. The number of nitrogens with one attached hydrogen (secondary N) is 1. The third-order valence-corrected chi connectivity index (χ3v) is 2.26. The third-order valence-electron chi connectivity index (χ3n) is 2.26. The van der Waals surface area contributed by atoms with Gasteiger partial charge in [0.2, 0.25) is 5.91 Å². The van der Waals surface area contributed by atoms with Gasteiger partial charge in [-0.3, -0.25) is 4.79 Å². The van der Waals surface area contributed by atoms with Gasteiger partial charge < -0.3 is 10.2 Å². The maximum atomic E-state index is 12.0. The van der Waals surface area contributed by atoms with Crippen molar-refractivity contribution in [3.05, 3.63) is 0 Å². The predicted octanol–water partition coefficient (Wildman–Crippen LogP) is 1.57. The Kier molecular flexibility index (Phi) is 5.55. The molecule has 0 aliphatic carbocycles. The highest BCUT2D eigenvalue weighted by Crippen LogP contribution is 2.21. The van der Waals surface area contributed by atoms with Crippen molar-refractivity contribution >= 4 is 18.3 Å². The summed E-state index contributed by atoms with van der Waals surface area (Å²) in [5.74, 6) is -0.831. The van der Waals surface area contributed by atoms with Crippen LogP contribution < -0.4 is 5.32 Å². The molecule has 1 aliphatic rings. The Bertz CT molecular complexity index is 237. The molecule has 16 heavy (non-hydrogen) atoms. The molecule has 0 saturated carbocycles. The number of piperazine rings is 1. The lowest BCUT2D eigenvalue weighted by atomic mass is 10.1. The van der Waals surface area contributed by atoms with Crippen LogP contribution >= 0.6 is 12.4 Å². The molecule has 2 atom stereocenters. The molecule has 1 aliphatic heterocycles. The van der Waals surface area contributed by atoms with Crippen molar-refractivity contribution in [2.45, 2.75) is 38.5 Å². The SMILES string of the molecule is CC1CN(C(=O)CC(F)(F)F)CC(C)N1.Cl. The monoisotopic (exact) mass is 260 g/mol. The molecular weight excluding hydrogens is 245 g/mol. The van der Waals surface area contributed by atoms with Crippen molar-refractivity contribution in [2.24, 2.45) is 0 Å². The van der Waals surface area contributed by atoms with E-state index >= 15 is 0 Å². The lowest BCUT2D eigenvalue weighted by Gasteiger charge is -2.36. The van der Waals surface area contributed by atoms with E-state index in [2.05, 4.69) is 5.32 Å². The molecule has 7 heteroatoms. The highest BCUT2D eigenvalue weighted by atomic mass is 35.5. The van der Waals surface area contributed by atoms with Gasteiger partial charge in [0.05, 0.1) is 0 Å². The molecule has 0 spiro atoms. The van der Waals surface area contributed by atoms with Crippen molar-refractivity contribution in [1.29, 1.82) is 0 Å². The van der Waals surface area contributed by atoms with Crippen LogP contribution in [0.2, 0.25) is 0 Å². The Morgan fingerprint density at radius 2 is 1.75 bits per heavy atom. The standard InChI is InChI=1S/C9H15F3N2O.ClH/c1-6-4-14(5-7(2)13-6)8(15)3-9(10,11)12;/h6-7,13H,3-5H2,1-2H3;1H. The highest BCUT2D eigenvalue weighted by molar-refractivity contribution is 5.85. The quantitative estimate of drug-likeness (QED) is 0.776. The normalized spacial score (nSPS) is 26.2. The van der Waals surface area contributed by atoms with Gasteiger partial charge in [0.15, 0.2) is 0 Å². The predicted molar refractivity (Wildman–Crippen MR) is 56.6 cm³/mol. The number of halogens is 4. The minimum absolute atomic E-state index is 0. The molecule has 1 rings (SSSR count). The minimum atomic E-state index is -4.41. The number of hydrogen-bond acceptors (Lipinski definition) is 2. The summed E-state index contributed by atoms with van der Waals surface area (Å²) in [4.78, 5) is 12.6. The fraction of sp³-hybridized carbons (Fsp3) is 0.889. The van der Waals surface area contributed by atoms with Crippen LogP contribution in [0.15, 0.2) is 0 Å². The van der Waals surface area contributed by atoms with Gasteiger partial charge in [0, 0.05) is 25.2 Å². The van der Waals surface area contributed by atoms with Gasteiger partial charge in [-0.25, -0.2) is 0 Å². The van der Waals surface area contributed by atoms with Crippen molar-refractivity contribution in [1.82, 2.24) is 10.2 Å². The zero-order chi connectivity index (χ0) is 11.6. The summed E-state index contributed by atoms with van der Waals surface area (Å²) in [5.41, 5.74) is 0. The Labute approximate surface area is 98.8 Å². The summed E-state index contributed by atoms with van der Waals surface area (Å²) in [7, 11) is 0. The first-order valence-corrected chi connectivity index (χ1v) is 4.88. The van der Waals surface area contributed by atoms with Crippen molar-refractivity contribution < 1.29 is 18.0 Å². The van der Waals surface area contributed by atoms with Gasteiger partial charge >= 0.3 is 6.18 Å². The van der Waals surface area contributed by atoms with E-state index in [1.807, 2.05) is 13.8 Å². The van der Waals surface area contributed by atoms with Gasteiger partial charge in [-0.2, -0.15) is 13.2 Å². The van der Waals surface area contributed by atoms with E-state index in [0.29, 0.717) is 13.1 Å². The first-order chi connectivity index (χ1) is 6.78. The number of hydrogen-bond donors (Lipinski definition) is 1. The van der Waals surface area contributed by atoms with Crippen LogP contribution in [0.25, 0.3) is 0 Å². The van der Waals surface area contributed by atoms with E-state index in [1.165, 1.54) is 4.90 Å². The van der Waals surface area contributed by atoms with Crippen molar-refractivity contribution in [3.63, 3.8) is 0 Å². The number of carbonyl (C=O) groups excluding carboxylic acids is 1. The average Bonchev–Trinajstić information content (AvgIpc) is 1.98. The van der Waals surface area contributed by atoms with E-state index in [1.54, 1.807) is 0 Å². The van der Waals surface area contributed by atoms with E-state index in [9.17, 15) is 18.0 Å². The Balaban J connectivity index is 0.00000225. The zero-order valence-electron chi connectivity index (χ0n) is 9.17. The maximum Gasteiger partial charge on any atom is 0.397 e. The Morgan fingerprint density at radius 1 is 1.31 bits per heavy atom. The molecular formula is C9H16ClF3N2O. The van der Waals surface area contributed by atoms with Crippen LogP contribution in [0.1, 0.15) is 20.3 Å². The first-order valence-electron chi connectivity index (χ1n) is 4.88. The van der Waals surface area contributed by atoms with Crippen LogP contribution in [0.4, 0.5) is 13.2 Å². The summed E-state index contributed by atoms with van der Waals surface area (Å²) < 4.78 is 36.0. The van der Waals surface area contributed by atoms with Crippen LogP contribution in [0.3, 0.4) is 0 Å². The summed E-state index contributed by atoms with van der Waals surface area (Å²) in [6.45, 7) is 4.39. The number of alkyl halides is 3. The molecule has 1 saturated heterocycles. The van der Waals surface area contributed by atoms with E-state index < -0.39 is 18.5 Å². The Morgan fingerprint density at radius 3 is 2.12 bits per heavy atom. The second kappa shape index (κ2) is 5.72. The second-order valence-electron chi connectivity index (χ2n) is 4.06. The van der Waals surface area contributed by atoms with Gasteiger partial charge in [0.1, 0.15) is 6.42 Å². The van der Waals surface area contributed by atoms with Gasteiger partial charge in [-0.15, -0.1) is 12.4 Å². The number of carbonyl (C=O) groups is 1. The highest BCUT2D eigenvalue weighted by Gasteiger charge is 2.35. The van der Waals surface area contributed by atoms with Gasteiger partial charge in [0.25, 0.3) is 0 Å². The van der Waals surface area contributed by atoms with Gasteiger partial charge in [-0.1, -0.05) is 0 Å². The van der Waals surface area contributed by atoms with E-state index in [-0.39, 0.29) is 24.5 Å². The maximum absolute atomic E-state index is 12.0. The molecule has 1 N–H and O–H groups in total. The molecule has 1 fully saturated rings. The molecule has 0 aromatic heterocycles. The fourth-order valence-electron chi connectivity index (χ4n) is 1.81. The molecule has 1 amide bonds. The number of amides is 1. The number of rotatable bonds is 1. The number of nitrogens with zero attached hydrogens (tertiary/aromatic N) is 1. The average molecular weight is 261 g/mol. The summed E-state index contributed by atoms with van der Waals surface area (Å²) in [6, 6.07) is 0.0943. The molecule has 96 valence electrons. The first kappa shape index (κ1) is 15.5. The molecule has 0 bridgehead atoms. The summed E-state index contributed by atoms with van der Waals surface area (Å²) >= 11 is 0. The van der Waals surface area contributed by atoms with Crippen molar-refractivity contribution in [3.8, 4) is 0 Å². The third kappa shape index (κ3) is 5.03. The topological polar surface area (TPSA) is 32.3 Å². The molecule has 3 nitrogen and oxygen atoms in total. The largest absolute Gasteiger partial charge is 0.397 e. The fourth-order valence-corrected chi connectivity index (χ4v) is 1.81. The van der Waals surface area contributed by atoms with Crippen LogP contribution in [0.5, 0.6) is 0 Å². The molecule has 1 heterocycles. The Hall–Kier alpha value is -0.490. The smallest absolute Gasteiger partial charge is 0.339 e. The van der Waals surface area contributed by atoms with E-state index in [0.717, 1.165) is 0 Å². The molecule has 0 aromatic rings. The van der Waals surface area contributed by atoms with E-state index in [4.69, 9.17) is 0 Å². The second-order valence-corrected chi connectivity index (χ2v) is 4.06. The van der Waals surface area contributed by atoms with Gasteiger partial charge in [-0.05, 0) is 13.8 Å². The molecule has 0 radical (unpaired) electrons. The summed E-state index contributed by atoms with van der Waals surface area (Å²) in [6.07, 6.45) is -5.76. The molecule has 0 aromatic carbocycles. The summed E-state index contributed by atoms with van der Waals surface area (Å²) in [5, 5.41) is 3.15. The van der Waals surface area contributed by atoms with Crippen LogP contribution in [-0.2, 0) is 4.79 Å². The van der Waals surface area contributed by atoms with Crippen LogP contribution in [-0.4, -0.2) is 42.2 Å². The minimum Gasteiger partial charge on any atom is -0.339 e.